The highest BCUT2D eigenvalue weighted by Crippen LogP contribution is 2.18. The first-order valence-electron chi connectivity index (χ1n) is 9.55. The van der Waals surface area contributed by atoms with Gasteiger partial charge in [0.2, 0.25) is 11.8 Å². The number of hydrogen-bond acceptors (Lipinski definition) is 4. The molecule has 0 unspecified atom stereocenters. The van der Waals surface area contributed by atoms with E-state index in [1.165, 1.54) is 0 Å². The van der Waals surface area contributed by atoms with Crippen LogP contribution in [-0.2, 0) is 9.59 Å². The first-order chi connectivity index (χ1) is 12.3. The third-order valence-corrected chi connectivity index (χ3v) is 4.57. The molecule has 2 amide bonds. The maximum atomic E-state index is 11.9. The van der Waals surface area contributed by atoms with Gasteiger partial charge in [-0.1, -0.05) is 20.8 Å². The summed E-state index contributed by atoms with van der Waals surface area (Å²) >= 11 is 0. The standard InChI is InChI=1S/C18H34N6O2/c1-18(2,3)16(26)20-7-8-21-17(19-4)24-11-9-23(10-12-24)13-15(25)22-14-5-6-14/h14H,5-13H2,1-4H3,(H,19,21)(H,20,26)(H,22,25). The van der Waals surface area contributed by atoms with Crippen molar-refractivity contribution in [2.45, 2.75) is 39.7 Å². The number of hydrogen-bond donors (Lipinski definition) is 3. The summed E-state index contributed by atoms with van der Waals surface area (Å²) in [5.74, 6) is 1.03. The molecule has 1 heterocycles. The van der Waals surface area contributed by atoms with Gasteiger partial charge in [0.15, 0.2) is 5.96 Å². The lowest BCUT2D eigenvalue weighted by Crippen LogP contribution is -2.54. The van der Waals surface area contributed by atoms with Crippen molar-refractivity contribution >= 4 is 17.8 Å². The molecule has 3 N–H and O–H groups in total. The number of guanidine groups is 1. The Hall–Kier alpha value is -1.83. The Morgan fingerprint density at radius 1 is 1.04 bits per heavy atom. The molecule has 0 radical (unpaired) electrons. The SMILES string of the molecule is CN=C(NCCNC(=O)C(C)(C)C)N1CCN(CC(=O)NC2CC2)CC1. The molecular formula is C18H34N6O2. The lowest BCUT2D eigenvalue weighted by Gasteiger charge is -2.36. The summed E-state index contributed by atoms with van der Waals surface area (Å²) in [6, 6.07) is 0.422. The van der Waals surface area contributed by atoms with Gasteiger partial charge in [-0.05, 0) is 12.8 Å². The molecule has 1 saturated heterocycles. The van der Waals surface area contributed by atoms with Crippen LogP contribution < -0.4 is 16.0 Å². The van der Waals surface area contributed by atoms with E-state index in [2.05, 4.69) is 30.7 Å². The van der Waals surface area contributed by atoms with Crippen LogP contribution >= 0.6 is 0 Å². The van der Waals surface area contributed by atoms with Crippen LogP contribution in [0.25, 0.3) is 0 Å². The van der Waals surface area contributed by atoms with Crippen LogP contribution in [0.4, 0.5) is 0 Å². The van der Waals surface area contributed by atoms with Crippen LogP contribution in [0.5, 0.6) is 0 Å². The van der Waals surface area contributed by atoms with E-state index in [1.807, 2.05) is 20.8 Å². The monoisotopic (exact) mass is 366 g/mol. The maximum Gasteiger partial charge on any atom is 0.234 e. The Morgan fingerprint density at radius 2 is 1.65 bits per heavy atom. The van der Waals surface area contributed by atoms with Gasteiger partial charge in [-0.15, -0.1) is 0 Å². The summed E-state index contributed by atoms with van der Waals surface area (Å²) in [4.78, 5) is 32.5. The average molecular weight is 367 g/mol. The second kappa shape index (κ2) is 9.21. The number of carbonyl (C=O) groups is 2. The smallest absolute Gasteiger partial charge is 0.234 e. The van der Waals surface area contributed by atoms with Gasteiger partial charge in [-0.2, -0.15) is 0 Å². The third-order valence-electron chi connectivity index (χ3n) is 4.57. The van der Waals surface area contributed by atoms with Crippen LogP contribution in [0.15, 0.2) is 4.99 Å². The molecule has 148 valence electrons. The molecule has 1 aliphatic heterocycles. The van der Waals surface area contributed by atoms with Gasteiger partial charge in [-0.3, -0.25) is 19.5 Å². The van der Waals surface area contributed by atoms with E-state index in [4.69, 9.17) is 0 Å². The molecule has 0 aromatic rings. The van der Waals surface area contributed by atoms with Gasteiger partial charge in [-0.25, -0.2) is 0 Å². The highest BCUT2D eigenvalue weighted by atomic mass is 16.2. The van der Waals surface area contributed by atoms with Crippen molar-refractivity contribution in [3.63, 3.8) is 0 Å². The molecule has 0 bridgehead atoms. The van der Waals surface area contributed by atoms with E-state index >= 15 is 0 Å². The number of carbonyl (C=O) groups excluding carboxylic acids is 2. The fourth-order valence-corrected chi connectivity index (χ4v) is 2.77. The number of aliphatic imine (C=N–C) groups is 1. The minimum atomic E-state index is -0.371. The van der Waals surface area contributed by atoms with Gasteiger partial charge in [0.25, 0.3) is 0 Å². The van der Waals surface area contributed by atoms with Gasteiger partial charge in [0.1, 0.15) is 0 Å². The van der Waals surface area contributed by atoms with Crippen molar-refractivity contribution in [1.29, 1.82) is 0 Å². The largest absolute Gasteiger partial charge is 0.354 e. The van der Waals surface area contributed by atoms with Crippen LogP contribution in [0.1, 0.15) is 33.6 Å². The van der Waals surface area contributed by atoms with E-state index in [0.717, 1.165) is 45.0 Å². The van der Waals surface area contributed by atoms with E-state index < -0.39 is 0 Å². The Morgan fingerprint density at radius 3 is 2.19 bits per heavy atom. The summed E-state index contributed by atoms with van der Waals surface area (Å²) in [6.07, 6.45) is 2.25. The molecule has 2 fully saturated rings. The minimum Gasteiger partial charge on any atom is -0.354 e. The molecular weight excluding hydrogens is 332 g/mol. The first-order valence-corrected chi connectivity index (χ1v) is 9.55. The summed E-state index contributed by atoms with van der Waals surface area (Å²) in [5, 5.41) is 9.26. The third kappa shape index (κ3) is 6.82. The van der Waals surface area contributed by atoms with E-state index in [-0.39, 0.29) is 17.2 Å². The zero-order valence-electron chi connectivity index (χ0n) is 16.6. The molecule has 0 aromatic heterocycles. The van der Waals surface area contributed by atoms with Gasteiger partial charge in [0.05, 0.1) is 6.54 Å². The summed E-state index contributed by atoms with van der Waals surface area (Å²) in [6.45, 7) is 10.8. The van der Waals surface area contributed by atoms with E-state index in [9.17, 15) is 9.59 Å². The van der Waals surface area contributed by atoms with Crippen LogP contribution in [0, 0.1) is 5.41 Å². The maximum absolute atomic E-state index is 11.9. The van der Waals surface area contributed by atoms with Crippen molar-refractivity contribution in [3.05, 3.63) is 0 Å². The lowest BCUT2D eigenvalue weighted by atomic mass is 9.96. The summed E-state index contributed by atoms with van der Waals surface area (Å²) < 4.78 is 0. The van der Waals surface area contributed by atoms with E-state index in [0.29, 0.717) is 25.7 Å². The van der Waals surface area contributed by atoms with Crippen LogP contribution in [0.3, 0.4) is 0 Å². The Kier molecular flexibility index (Phi) is 7.25. The Balaban J connectivity index is 1.64. The molecule has 0 atom stereocenters. The predicted molar refractivity (Wildman–Crippen MR) is 103 cm³/mol. The quantitative estimate of drug-likeness (QED) is 0.339. The fraction of sp³-hybridized carbons (Fsp3) is 0.833. The minimum absolute atomic E-state index is 0.0485. The predicted octanol–water partition coefficient (Wildman–Crippen LogP) is -0.380. The highest BCUT2D eigenvalue weighted by molar-refractivity contribution is 5.82. The van der Waals surface area contributed by atoms with Crippen LogP contribution in [0.2, 0.25) is 0 Å². The van der Waals surface area contributed by atoms with Crippen molar-refractivity contribution in [2.75, 3.05) is 52.9 Å². The van der Waals surface area contributed by atoms with E-state index in [1.54, 1.807) is 7.05 Å². The number of amides is 2. The van der Waals surface area contributed by atoms with Gasteiger partial charge in [0, 0.05) is 57.8 Å². The average Bonchev–Trinajstić information content (AvgIpc) is 3.38. The topological polar surface area (TPSA) is 89.1 Å². The molecule has 1 aliphatic carbocycles. The molecule has 26 heavy (non-hydrogen) atoms. The summed E-state index contributed by atoms with van der Waals surface area (Å²) in [7, 11) is 1.77. The number of nitrogens with zero attached hydrogens (tertiary/aromatic N) is 3. The zero-order valence-corrected chi connectivity index (χ0v) is 16.6. The molecule has 0 aromatic carbocycles. The molecule has 2 aliphatic rings. The van der Waals surface area contributed by atoms with Crippen molar-refractivity contribution < 1.29 is 9.59 Å². The van der Waals surface area contributed by atoms with Crippen molar-refractivity contribution in [1.82, 2.24) is 25.8 Å². The Labute approximate surface area is 156 Å². The molecule has 2 rings (SSSR count). The first kappa shape index (κ1) is 20.5. The molecule has 1 saturated carbocycles. The zero-order chi connectivity index (χ0) is 19.2. The summed E-state index contributed by atoms with van der Waals surface area (Å²) in [5.41, 5.74) is -0.371. The Bertz CT molecular complexity index is 516. The lowest BCUT2D eigenvalue weighted by molar-refractivity contribution is -0.128. The van der Waals surface area contributed by atoms with Gasteiger partial charge >= 0.3 is 0 Å². The molecule has 8 nitrogen and oxygen atoms in total. The van der Waals surface area contributed by atoms with Gasteiger partial charge < -0.3 is 20.9 Å². The highest BCUT2D eigenvalue weighted by Gasteiger charge is 2.26. The number of rotatable bonds is 6. The normalized spacial score (nSPS) is 19.2. The number of nitrogens with one attached hydrogen (secondary N) is 3. The second-order valence-corrected chi connectivity index (χ2v) is 8.08. The van der Waals surface area contributed by atoms with Crippen LogP contribution in [-0.4, -0.2) is 86.5 Å². The van der Waals surface area contributed by atoms with Crippen molar-refractivity contribution in [3.8, 4) is 0 Å². The number of piperazine rings is 1. The molecule has 0 spiro atoms. The molecule has 8 heteroatoms. The van der Waals surface area contributed by atoms with Crippen molar-refractivity contribution in [2.24, 2.45) is 10.4 Å². The fourth-order valence-electron chi connectivity index (χ4n) is 2.77. The second-order valence-electron chi connectivity index (χ2n) is 8.08.